The largest absolute Gasteiger partial charge is 0.354 e. The summed E-state index contributed by atoms with van der Waals surface area (Å²) in [6.07, 6.45) is 4.12. The lowest BCUT2D eigenvalue weighted by Gasteiger charge is -2.32. The molecule has 4 rings (SSSR count). The van der Waals surface area contributed by atoms with Crippen molar-refractivity contribution in [3.05, 3.63) is 16.6 Å². The van der Waals surface area contributed by atoms with Gasteiger partial charge < -0.3 is 15.2 Å². The highest BCUT2D eigenvalue weighted by Gasteiger charge is 2.29. The average molecular weight is 421 g/mol. The second-order valence-electron chi connectivity index (χ2n) is 7.29. The second-order valence-corrected chi connectivity index (χ2v) is 8.69. The van der Waals surface area contributed by atoms with Crippen LogP contribution >= 0.6 is 22.9 Å². The Morgan fingerprint density at radius 1 is 1.43 bits per heavy atom. The van der Waals surface area contributed by atoms with Crippen LogP contribution in [0.3, 0.4) is 0 Å². The summed E-state index contributed by atoms with van der Waals surface area (Å²) in [7, 11) is 0. The van der Waals surface area contributed by atoms with Crippen molar-refractivity contribution in [1.29, 1.82) is 0 Å². The summed E-state index contributed by atoms with van der Waals surface area (Å²) in [6.45, 7) is 5.60. The predicted octanol–water partition coefficient (Wildman–Crippen LogP) is 2.91. The number of aromatic nitrogens is 6. The van der Waals surface area contributed by atoms with Crippen molar-refractivity contribution >= 4 is 51.0 Å². The number of halogens is 1. The van der Waals surface area contributed by atoms with Crippen molar-refractivity contribution in [2.45, 2.75) is 33.1 Å². The molecule has 0 aliphatic carbocycles. The zero-order valence-corrected chi connectivity index (χ0v) is 17.2. The molecule has 4 heterocycles. The van der Waals surface area contributed by atoms with Gasteiger partial charge in [0.1, 0.15) is 10.5 Å². The van der Waals surface area contributed by atoms with Gasteiger partial charge in [-0.2, -0.15) is 9.97 Å². The molecular weight excluding hydrogens is 400 g/mol. The molecule has 11 heteroatoms. The Bertz CT molecular complexity index is 987. The molecule has 1 saturated heterocycles. The van der Waals surface area contributed by atoms with E-state index < -0.39 is 0 Å². The van der Waals surface area contributed by atoms with E-state index >= 15 is 0 Å². The van der Waals surface area contributed by atoms with Crippen LogP contribution in [-0.2, 0) is 11.2 Å². The van der Waals surface area contributed by atoms with Gasteiger partial charge in [0.2, 0.25) is 16.3 Å². The summed E-state index contributed by atoms with van der Waals surface area (Å²) < 4.78 is 0. The number of rotatable bonds is 5. The number of nitrogens with zero attached hydrogens (tertiary/aromatic N) is 6. The SMILES string of the molecule is CC(C)Cc1nnc(NC(=O)[C@@H]2CCCN(c3nc(Cl)nc4nc[nH]c34)C2)s1. The third-order valence-corrected chi connectivity index (χ3v) is 5.64. The topological polar surface area (TPSA) is 113 Å². The summed E-state index contributed by atoms with van der Waals surface area (Å²) >= 11 is 7.49. The molecule has 0 bridgehead atoms. The Kier molecular flexibility index (Phi) is 5.40. The third kappa shape index (κ3) is 4.07. The van der Waals surface area contributed by atoms with Crippen LogP contribution in [0.1, 0.15) is 31.7 Å². The van der Waals surface area contributed by atoms with Gasteiger partial charge in [-0.15, -0.1) is 10.2 Å². The van der Waals surface area contributed by atoms with Crippen LogP contribution in [0, 0.1) is 11.8 Å². The Morgan fingerprint density at radius 3 is 3.11 bits per heavy atom. The summed E-state index contributed by atoms with van der Waals surface area (Å²) in [6, 6.07) is 0. The van der Waals surface area contributed by atoms with E-state index in [9.17, 15) is 4.79 Å². The predicted molar refractivity (Wildman–Crippen MR) is 109 cm³/mol. The smallest absolute Gasteiger partial charge is 0.231 e. The minimum Gasteiger partial charge on any atom is -0.354 e. The van der Waals surface area contributed by atoms with Gasteiger partial charge in [-0.3, -0.25) is 4.79 Å². The first-order valence-corrected chi connectivity index (χ1v) is 10.4. The Labute approximate surface area is 171 Å². The molecular formula is C17H21ClN8OS. The van der Waals surface area contributed by atoms with Crippen molar-refractivity contribution in [2.24, 2.45) is 11.8 Å². The number of imidazole rings is 1. The number of hydrogen-bond donors (Lipinski definition) is 2. The standard InChI is InChI=1S/C17H21ClN8OS/c1-9(2)6-11-24-25-17(28-11)23-15(27)10-4-3-5-26(7-10)14-12-13(20-8-19-12)21-16(18)22-14/h8-10H,3-7H2,1-2H3,(H,23,25,27)(H,19,20,21,22)/t10-/m1/s1. The van der Waals surface area contributed by atoms with Gasteiger partial charge in [-0.25, -0.2) is 4.98 Å². The van der Waals surface area contributed by atoms with Gasteiger partial charge in [0.25, 0.3) is 0 Å². The van der Waals surface area contributed by atoms with E-state index in [1.807, 2.05) is 0 Å². The fraction of sp³-hybridized carbons (Fsp3) is 0.529. The summed E-state index contributed by atoms with van der Waals surface area (Å²) in [5.74, 6) is 0.971. The van der Waals surface area contributed by atoms with Crippen LogP contribution in [-0.4, -0.2) is 49.1 Å². The molecule has 0 radical (unpaired) electrons. The Hall–Kier alpha value is -2.33. The molecule has 9 nitrogen and oxygen atoms in total. The molecule has 3 aromatic rings. The number of carbonyl (C=O) groups excluding carboxylic acids is 1. The molecule has 1 fully saturated rings. The average Bonchev–Trinajstić information content (AvgIpc) is 3.29. The van der Waals surface area contributed by atoms with Gasteiger partial charge >= 0.3 is 0 Å². The monoisotopic (exact) mass is 420 g/mol. The molecule has 3 aromatic heterocycles. The van der Waals surface area contributed by atoms with Crippen molar-refractivity contribution in [3.63, 3.8) is 0 Å². The fourth-order valence-electron chi connectivity index (χ4n) is 3.35. The molecule has 28 heavy (non-hydrogen) atoms. The zero-order valence-electron chi connectivity index (χ0n) is 15.6. The molecule has 2 N–H and O–H groups in total. The number of piperidine rings is 1. The van der Waals surface area contributed by atoms with Crippen LogP contribution in [0.25, 0.3) is 11.2 Å². The van der Waals surface area contributed by atoms with Crippen LogP contribution in [0.15, 0.2) is 6.33 Å². The highest BCUT2D eigenvalue weighted by Crippen LogP contribution is 2.28. The molecule has 0 aromatic carbocycles. The van der Waals surface area contributed by atoms with E-state index in [0.29, 0.717) is 29.1 Å². The second kappa shape index (κ2) is 7.96. The number of aromatic amines is 1. The first-order chi connectivity index (χ1) is 13.5. The molecule has 1 atom stereocenters. The molecule has 0 unspecified atom stereocenters. The lowest BCUT2D eigenvalue weighted by molar-refractivity contribution is -0.120. The van der Waals surface area contributed by atoms with Gasteiger partial charge in [0, 0.05) is 19.5 Å². The molecule has 1 aliphatic heterocycles. The number of H-pyrrole nitrogens is 1. The number of hydrogen-bond acceptors (Lipinski definition) is 8. The number of anilines is 2. The number of fused-ring (bicyclic) bond motifs is 1. The maximum Gasteiger partial charge on any atom is 0.231 e. The van der Waals surface area contributed by atoms with Gasteiger partial charge in [0.05, 0.1) is 12.2 Å². The van der Waals surface area contributed by atoms with E-state index in [2.05, 4.69) is 54.2 Å². The molecule has 1 amide bonds. The highest BCUT2D eigenvalue weighted by molar-refractivity contribution is 7.15. The Balaban J connectivity index is 1.46. The first-order valence-electron chi connectivity index (χ1n) is 9.24. The number of nitrogens with one attached hydrogen (secondary N) is 2. The van der Waals surface area contributed by atoms with Crippen LogP contribution in [0.2, 0.25) is 5.28 Å². The Morgan fingerprint density at radius 2 is 2.29 bits per heavy atom. The van der Waals surface area contributed by atoms with Crippen molar-refractivity contribution < 1.29 is 4.79 Å². The molecule has 0 saturated carbocycles. The van der Waals surface area contributed by atoms with Crippen LogP contribution < -0.4 is 10.2 Å². The maximum atomic E-state index is 12.8. The van der Waals surface area contributed by atoms with Crippen molar-refractivity contribution in [2.75, 3.05) is 23.3 Å². The number of carbonyl (C=O) groups is 1. The van der Waals surface area contributed by atoms with Crippen molar-refractivity contribution in [3.8, 4) is 0 Å². The van der Waals surface area contributed by atoms with E-state index in [1.54, 1.807) is 6.33 Å². The first kappa shape index (κ1) is 19.0. The van der Waals surface area contributed by atoms with E-state index in [0.717, 1.165) is 36.3 Å². The lowest BCUT2D eigenvalue weighted by atomic mass is 9.97. The van der Waals surface area contributed by atoms with Crippen LogP contribution in [0.4, 0.5) is 10.9 Å². The van der Waals surface area contributed by atoms with Gasteiger partial charge in [-0.1, -0.05) is 25.2 Å². The minimum absolute atomic E-state index is 0.0436. The summed E-state index contributed by atoms with van der Waals surface area (Å²) in [5, 5.41) is 12.8. The van der Waals surface area contributed by atoms with Crippen molar-refractivity contribution in [1.82, 2.24) is 30.1 Å². The third-order valence-electron chi connectivity index (χ3n) is 4.61. The quantitative estimate of drug-likeness (QED) is 0.610. The lowest BCUT2D eigenvalue weighted by Crippen LogP contribution is -2.41. The fourth-order valence-corrected chi connectivity index (χ4v) is 4.46. The van der Waals surface area contributed by atoms with E-state index in [4.69, 9.17) is 11.6 Å². The highest BCUT2D eigenvalue weighted by atomic mass is 35.5. The van der Waals surface area contributed by atoms with E-state index in [-0.39, 0.29) is 17.1 Å². The summed E-state index contributed by atoms with van der Waals surface area (Å²) in [5.41, 5.74) is 1.25. The van der Waals surface area contributed by atoms with Gasteiger partial charge in [0.15, 0.2) is 11.5 Å². The van der Waals surface area contributed by atoms with Crippen LogP contribution in [0.5, 0.6) is 0 Å². The molecule has 1 aliphatic rings. The number of amides is 1. The van der Waals surface area contributed by atoms with Gasteiger partial charge in [-0.05, 0) is 30.4 Å². The van der Waals surface area contributed by atoms with E-state index in [1.165, 1.54) is 11.3 Å². The normalized spacial score (nSPS) is 17.4. The zero-order chi connectivity index (χ0) is 19.7. The minimum atomic E-state index is -0.169. The molecule has 0 spiro atoms. The summed E-state index contributed by atoms with van der Waals surface area (Å²) in [4.78, 5) is 30.5. The molecule has 148 valence electrons. The maximum absolute atomic E-state index is 12.8.